The van der Waals surface area contributed by atoms with Crippen molar-refractivity contribution in [1.82, 2.24) is 3.97 Å². The molecular weight excluding hydrogens is 334 g/mol. The second-order valence-electron chi connectivity index (χ2n) is 6.34. The number of hydrogen-bond acceptors (Lipinski definition) is 3. The summed E-state index contributed by atoms with van der Waals surface area (Å²) in [4.78, 5) is 12.5. The Kier molecular flexibility index (Phi) is 7.44. The predicted molar refractivity (Wildman–Crippen MR) is 100 cm³/mol. The van der Waals surface area contributed by atoms with E-state index in [4.69, 9.17) is 0 Å². The summed E-state index contributed by atoms with van der Waals surface area (Å²) in [6.07, 6.45) is 11.4. The van der Waals surface area contributed by atoms with Crippen LogP contribution in [0.1, 0.15) is 68.6 Å². The van der Waals surface area contributed by atoms with E-state index >= 15 is 0 Å². The van der Waals surface area contributed by atoms with Gasteiger partial charge in [0.1, 0.15) is 0 Å². The van der Waals surface area contributed by atoms with E-state index < -0.39 is 10.0 Å². The summed E-state index contributed by atoms with van der Waals surface area (Å²) in [7, 11) is -3.63. The molecule has 5 heteroatoms. The lowest BCUT2D eigenvalue weighted by Crippen LogP contribution is -2.11. The Balaban J connectivity index is 1.87. The van der Waals surface area contributed by atoms with Crippen molar-refractivity contribution in [3.05, 3.63) is 54.4 Å². The molecule has 2 aromatic rings. The number of carbonyl (C=O) groups is 1. The Labute approximate surface area is 150 Å². The molecule has 0 amide bonds. The number of benzene rings is 1. The molecule has 0 bridgehead atoms. The fourth-order valence-corrected chi connectivity index (χ4v) is 4.01. The quantitative estimate of drug-likeness (QED) is 0.416. The first kappa shape index (κ1) is 19.4. The summed E-state index contributed by atoms with van der Waals surface area (Å²) in [5, 5.41) is 0. The summed E-state index contributed by atoms with van der Waals surface area (Å²) in [6, 6.07) is 9.83. The molecule has 0 N–H and O–H groups in total. The molecule has 25 heavy (non-hydrogen) atoms. The number of Topliss-reactive ketones (excluding diaryl/α,β-unsaturated/α-hetero) is 1. The second kappa shape index (κ2) is 9.56. The van der Waals surface area contributed by atoms with Crippen LogP contribution in [0.2, 0.25) is 0 Å². The highest BCUT2D eigenvalue weighted by Crippen LogP contribution is 2.17. The first-order valence-electron chi connectivity index (χ1n) is 9.07. The summed E-state index contributed by atoms with van der Waals surface area (Å²) in [5.41, 5.74) is 0.463. The molecule has 0 radical (unpaired) electrons. The molecule has 0 saturated heterocycles. The lowest BCUT2D eigenvalue weighted by molar-refractivity contribution is 0.0979. The summed E-state index contributed by atoms with van der Waals surface area (Å²) in [6.45, 7) is 2.20. The summed E-state index contributed by atoms with van der Waals surface area (Å²) >= 11 is 0. The Bertz CT molecular complexity index is 763. The van der Waals surface area contributed by atoms with E-state index in [1.54, 1.807) is 36.4 Å². The highest BCUT2D eigenvalue weighted by atomic mass is 32.2. The monoisotopic (exact) mass is 361 g/mol. The van der Waals surface area contributed by atoms with Crippen LogP contribution in [0.25, 0.3) is 0 Å². The minimum absolute atomic E-state index is 0.00979. The van der Waals surface area contributed by atoms with Crippen molar-refractivity contribution in [2.75, 3.05) is 0 Å². The number of aromatic nitrogens is 1. The van der Waals surface area contributed by atoms with Crippen LogP contribution in [-0.4, -0.2) is 18.2 Å². The third-order valence-corrected chi connectivity index (χ3v) is 5.97. The molecule has 1 aromatic carbocycles. The maximum absolute atomic E-state index is 12.5. The Hall–Kier alpha value is -1.88. The predicted octanol–water partition coefficient (Wildman–Crippen LogP) is 5.05. The molecule has 2 rings (SSSR count). The lowest BCUT2D eigenvalue weighted by Gasteiger charge is -2.05. The van der Waals surface area contributed by atoms with E-state index in [1.807, 2.05) is 0 Å². The molecule has 136 valence electrons. The van der Waals surface area contributed by atoms with Crippen LogP contribution in [0.15, 0.2) is 53.7 Å². The SMILES string of the molecule is CCCCCCCCCC(=O)c1ccn(S(=O)(=O)c2ccccc2)c1. The van der Waals surface area contributed by atoms with Crippen LogP contribution in [0, 0.1) is 0 Å². The molecule has 1 aromatic heterocycles. The molecule has 0 atom stereocenters. The van der Waals surface area contributed by atoms with Crippen LogP contribution in [0.5, 0.6) is 0 Å². The van der Waals surface area contributed by atoms with Gasteiger partial charge in [0, 0.05) is 24.4 Å². The number of nitrogens with zero attached hydrogens (tertiary/aromatic N) is 1. The molecule has 0 aliphatic heterocycles. The first-order valence-corrected chi connectivity index (χ1v) is 10.5. The van der Waals surface area contributed by atoms with Crippen molar-refractivity contribution in [2.45, 2.75) is 63.2 Å². The zero-order chi connectivity index (χ0) is 18.1. The van der Waals surface area contributed by atoms with E-state index in [2.05, 4.69) is 6.92 Å². The number of ketones is 1. The van der Waals surface area contributed by atoms with Gasteiger partial charge in [-0.3, -0.25) is 4.79 Å². The molecule has 0 spiro atoms. The minimum Gasteiger partial charge on any atom is -0.294 e. The van der Waals surface area contributed by atoms with Crippen LogP contribution < -0.4 is 0 Å². The number of hydrogen-bond donors (Lipinski definition) is 0. The molecule has 1 heterocycles. The van der Waals surface area contributed by atoms with Crippen LogP contribution in [0.3, 0.4) is 0 Å². The van der Waals surface area contributed by atoms with Crippen molar-refractivity contribution in [3.63, 3.8) is 0 Å². The lowest BCUT2D eigenvalue weighted by atomic mass is 10.0. The van der Waals surface area contributed by atoms with Gasteiger partial charge in [-0.2, -0.15) is 0 Å². The molecule has 0 aliphatic rings. The largest absolute Gasteiger partial charge is 0.294 e. The smallest absolute Gasteiger partial charge is 0.267 e. The molecular formula is C20H27NO3S. The third kappa shape index (κ3) is 5.56. The van der Waals surface area contributed by atoms with E-state index in [0.717, 1.165) is 23.2 Å². The van der Waals surface area contributed by atoms with Crippen LogP contribution in [0.4, 0.5) is 0 Å². The molecule has 4 nitrogen and oxygen atoms in total. The minimum atomic E-state index is -3.63. The maximum Gasteiger partial charge on any atom is 0.267 e. The number of rotatable bonds is 11. The van der Waals surface area contributed by atoms with Gasteiger partial charge in [-0.15, -0.1) is 0 Å². The van der Waals surface area contributed by atoms with Crippen molar-refractivity contribution in [2.24, 2.45) is 0 Å². The van der Waals surface area contributed by atoms with Gasteiger partial charge in [-0.05, 0) is 24.6 Å². The standard InChI is InChI=1S/C20H27NO3S/c1-2-3-4-5-6-7-11-14-20(22)18-15-16-21(17-18)25(23,24)19-12-9-8-10-13-19/h8-10,12-13,15-17H,2-7,11,14H2,1H3. The average molecular weight is 362 g/mol. The Morgan fingerprint density at radius 2 is 1.56 bits per heavy atom. The van der Waals surface area contributed by atoms with Crippen molar-refractivity contribution in [1.29, 1.82) is 0 Å². The number of carbonyl (C=O) groups excluding carboxylic acids is 1. The van der Waals surface area contributed by atoms with Gasteiger partial charge in [0.2, 0.25) is 0 Å². The average Bonchev–Trinajstić information content (AvgIpc) is 3.12. The van der Waals surface area contributed by atoms with Gasteiger partial charge >= 0.3 is 0 Å². The fraction of sp³-hybridized carbons (Fsp3) is 0.450. The topological polar surface area (TPSA) is 56.1 Å². The summed E-state index contributed by atoms with van der Waals surface area (Å²) < 4.78 is 26.1. The molecule has 0 fully saturated rings. The van der Waals surface area contributed by atoms with Crippen molar-refractivity contribution < 1.29 is 13.2 Å². The first-order chi connectivity index (χ1) is 12.1. The van der Waals surface area contributed by atoms with Crippen LogP contribution in [-0.2, 0) is 10.0 Å². The van der Waals surface area contributed by atoms with Gasteiger partial charge in [0.15, 0.2) is 5.78 Å². The van der Waals surface area contributed by atoms with Gasteiger partial charge in [-0.25, -0.2) is 12.4 Å². The van der Waals surface area contributed by atoms with Gasteiger partial charge < -0.3 is 0 Å². The third-order valence-electron chi connectivity index (χ3n) is 4.32. The highest BCUT2D eigenvalue weighted by Gasteiger charge is 2.17. The van der Waals surface area contributed by atoms with Gasteiger partial charge in [0.25, 0.3) is 10.0 Å². The second-order valence-corrected chi connectivity index (χ2v) is 8.19. The highest BCUT2D eigenvalue weighted by molar-refractivity contribution is 7.90. The molecule has 0 saturated carbocycles. The van der Waals surface area contributed by atoms with E-state index in [-0.39, 0.29) is 10.7 Å². The zero-order valence-electron chi connectivity index (χ0n) is 14.9. The fourth-order valence-electron chi connectivity index (χ4n) is 2.79. The maximum atomic E-state index is 12.5. The van der Waals surface area contributed by atoms with E-state index in [1.165, 1.54) is 38.1 Å². The Morgan fingerprint density at radius 1 is 0.920 bits per heavy atom. The molecule has 0 aliphatic carbocycles. The van der Waals surface area contributed by atoms with Gasteiger partial charge in [0.05, 0.1) is 4.90 Å². The normalized spacial score (nSPS) is 11.6. The van der Waals surface area contributed by atoms with Gasteiger partial charge in [-0.1, -0.05) is 63.6 Å². The van der Waals surface area contributed by atoms with Crippen molar-refractivity contribution in [3.8, 4) is 0 Å². The van der Waals surface area contributed by atoms with Crippen LogP contribution >= 0.6 is 0 Å². The Morgan fingerprint density at radius 3 is 2.24 bits per heavy atom. The summed E-state index contributed by atoms with van der Waals surface area (Å²) in [5.74, 6) is 0.00979. The van der Waals surface area contributed by atoms with E-state index in [9.17, 15) is 13.2 Å². The van der Waals surface area contributed by atoms with Crippen molar-refractivity contribution >= 4 is 15.8 Å². The number of unbranched alkanes of at least 4 members (excludes halogenated alkanes) is 6. The van der Waals surface area contributed by atoms with E-state index in [0.29, 0.717) is 12.0 Å². The molecule has 0 unspecified atom stereocenters. The zero-order valence-corrected chi connectivity index (χ0v) is 15.7.